The Labute approximate surface area is 160 Å². The van der Waals surface area contributed by atoms with E-state index in [1.807, 2.05) is 26.0 Å². The molecule has 2 rings (SSSR count). The van der Waals surface area contributed by atoms with Crippen molar-refractivity contribution in [2.24, 2.45) is 0 Å². The average molecular weight is 375 g/mol. The van der Waals surface area contributed by atoms with E-state index in [-0.39, 0.29) is 30.6 Å². The van der Waals surface area contributed by atoms with Gasteiger partial charge in [0, 0.05) is 45.9 Å². The number of carbonyl (C=O) groups is 3. The van der Waals surface area contributed by atoms with Crippen LogP contribution in [0.25, 0.3) is 0 Å². The molecule has 1 aromatic rings. The van der Waals surface area contributed by atoms with Crippen molar-refractivity contribution in [3.05, 3.63) is 29.3 Å². The molecule has 0 bridgehead atoms. The van der Waals surface area contributed by atoms with Crippen LogP contribution in [0.5, 0.6) is 5.75 Å². The molecule has 0 spiro atoms. The van der Waals surface area contributed by atoms with Crippen LogP contribution in [-0.4, -0.2) is 66.9 Å². The van der Waals surface area contributed by atoms with E-state index in [0.717, 1.165) is 11.3 Å². The third-order valence-corrected chi connectivity index (χ3v) is 4.66. The summed E-state index contributed by atoms with van der Waals surface area (Å²) in [6.45, 7) is 8.52. The Bertz CT molecular complexity index is 682. The molecule has 1 heterocycles. The molecule has 27 heavy (non-hydrogen) atoms. The zero-order chi connectivity index (χ0) is 19.8. The van der Waals surface area contributed by atoms with Crippen LogP contribution in [-0.2, 0) is 14.4 Å². The van der Waals surface area contributed by atoms with Gasteiger partial charge in [-0.05, 0) is 25.5 Å². The number of nitrogens with zero attached hydrogens (tertiary/aromatic N) is 2. The Kier molecular flexibility index (Phi) is 7.64. The molecule has 1 aliphatic rings. The van der Waals surface area contributed by atoms with Gasteiger partial charge in [-0.25, -0.2) is 0 Å². The maximum Gasteiger partial charge on any atom is 0.223 e. The first-order valence-electron chi connectivity index (χ1n) is 9.37. The van der Waals surface area contributed by atoms with E-state index in [1.165, 1.54) is 12.5 Å². The van der Waals surface area contributed by atoms with Crippen molar-refractivity contribution in [1.82, 2.24) is 15.1 Å². The van der Waals surface area contributed by atoms with E-state index in [9.17, 15) is 14.4 Å². The molecule has 1 N–H and O–H groups in total. The molecule has 0 radical (unpaired) electrons. The fourth-order valence-corrected chi connectivity index (χ4v) is 3.05. The number of aryl methyl sites for hydroxylation is 2. The number of carbonyl (C=O) groups excluding carboxylic acids is 3. The Hall–Kier alpha value is -2.57. The molecule has 0 aromatic heterocycles. The predicted octanol–water partition coefficient (Wildman–Crippen LogP) is 1.27. The van der Waals surface area contributed by atoms with Crippen molar-refractivity contribution >= 4 is 17.7 Å². The van der Waals surface area contributed by atoms with Gasteiger partial charge in [-0.1, -0.05) is 17.7 Å². The topological polar surface area (TPSA) is 79.0 Å². The van der Waals surface area contributed by atoms with Crippen LogP contribution >= 0.6 is 0 Å². The summed E-state index contributed by atoms with van der Waals surface area (Å²) in [7, 11) is 0. The smallest absolute Gasteiger partial charge is 0.223 e. The van der Waals surface area contributed by atoms with Gasteiger partial charge in [-0.2, -0.15) is 0 Å². The average Bonchev–Trinajstić information content (AvgIpc) is 2.64. The first kappa shape index (κ1) is 20.7. The van der Waals surface area contributed by atoms with Gasteiger partial charge in [-0.3, -0.25) is 14.4 Å². The number of benzene rings is 1. The summed E-state index contributed by atoms with van der Waals surface area (Å²) >= 11 is 0. The van der Waals surface area contributed by atoms with Crippen molar-refractivity contribution in [1.29, 1.82) is 0 Å². The minimum atomic E-state index is -0.157. The van der Waals surface area contributed by atoms with Gasteiger partial charge in [0.15, 0.2) is 0 Å². The van der Waals surface area contributed by atoms with Crippen LogP contribution in [0, 0.1) is 13.8 Å². The largest absolute Gasteiger partial charge is 0.491 e. The zero-order valence-electron chi connectivity index (χ0n) is 16.4. The summed E-state index contributed by atoms with van der Waals surface area (Å²) < 4.78 is 5.67. The van der Waals surface area contributed by atoms with Gasteiger partial charge >= 0.3 is 0 Å². The van der Waals surface area contributed by atoms with E-state index in [1.54, 1.807) is 9.80 Å². The molecule has 0 aliphatic carbocycles. The van der Waals surface area contributed by atoms with Crippen molar-refractivity contribution in [3.63, 3.8) is 0 Å². The maximum absolute atomic E-state index is 12.2. The van der Waals surface area contributed by atoms with Crippen molar-refractivity contribution in [2.45, 2.75) is 33.6 Å². The predicted molar refractivity (Wildman–Crippen MR) is 102 cm³/mol. The van der Waals surface area contributed by atoms with Gasteiger partial charge in [0.25, 0.3) is 0 Å². The van der Waals surface area contributed by atoms with E-state index in [4.69, 9.17) is 4.74 Å². The lowest BCUT2D eigenvalue weighted by atomic mass is 10.1. The summed E-state index contributed by atoms with van der Waals surface area (Å²) in [4.78, 5) is 38.8. The number of rotatable bonds is 7. The fraction of sp³-hybridized carbons (Fsp3) is 0.550. The normalized spacial score (nSPS) is 14.0. The van der Waals surface area contributed by atoms with Gasteiger partial charge in [0.05, 0.1) is 6.54 Å². The molecule has 1 aromatic carbocycles. The molecule has 1 aliphatic heterocycles. The Balaban J connectivity index is 1.60. The first-order valence-corrected chi connectivity index (χ1v) is 9.37. The Morgan fingerprint density at radius 3 is 2.33 bits per heavy atom. The first-order chi connectivity index (χ1) is 12.9. The van der Waals surface area contributed by atoms with Crippen molar-refractivity contribution < 1.29 is 19.1 Å². The van der Waals surface area contributed by atoms with Crippen LogP contribution in [0.15, 0.2) is 18.2 Å². The number of amides is 3. The monoisotopic (exact) mass is 375 g/mol. The maximum atomic E-state index is 12.2. The lowest BCUT2D eigenvalue weighted by Crippen LogP contribution is -2.50. The summed E-state index contributed by atoms with van der Waals surface area (Å²) in [5.74, 6) is 0.647. The standard InChI is InChI=1S/C20H29N3O4/c1-15-4-5-18(16(2)14-15)27-13-8-21-19(25)6-7-20(26)23-11-9-22(10-12-23)17(3)24/h4-5,14H,6-13H2,1-3H3,(H,21,25). The second-order valence-corrected chi connectivity index (χ2v) is 6.85. The highest BCUT2D eigenvalue weighted by molar-refractivity contribution is 5.84. The van der Waals surface area contributed by atoms with Crippen LogP contribution < -0.4 is 10.1 Å². The highest BCUT2D eigenvalue weighted by atomic mass is 16.5. The third kappa shape index (κ3) is 6.58. The molecule has 0 atom stereocenters. The molecule has 1 fully saturated rings. The number of hydrogen-bond acceptors (Lipinski definition) is 4. The minimum Gasteiger partial charge on any atom is -0.491 e. The highest BCUT2D eigenvalue weighted by Gasteiger charge is 2.22. The summed E-state index contributed by atoms with van der Waals surface area (Å²) in [5, 5.41) is 2.78. The molecule has 7 heteroatoms. The number of hydrogen-bond donors (Lipinski definition) is 1. The molecule has 0 unspecified atom stereocenters. The fourth-order valence-electron chi connectivity index (χ4n) is 3.05. The second kappa shape index (κ2) is 9.94. The van der Waals surface area contributed by atoms with E-state index in [2.05, 4.69) is 11.4 Å². The molecule has 148 valence electrons. The molecule has 1 saturated heterocycles. The van der Waals surface area contributed by atoms with E-state index >= 15 is 0 Å². The molecular formula is C20H29N3O4. The third-order valence-electron chi connectivity index (χ3n) is 4.66. The SMILES string of the molecule is CC(=O)N1CCN(C(=O)CCC(=O)NCCOc2ccc(C)cc2C)CC1. The van der Waals surface area contributed by atoms with Crippen LogP contribution in [0.4, 0.5) is 0 Å². The van der Waals surface area contributed by atoms with Gasteiger partial charge in [0.1, 0.15) is 12.4 Å². The van der Waals surface area contributed by atoms with Crippen LogP contribution in [0.3, 0.4) is 0 Å². The quantitative estimate of drug-likeness (QED) is 0.728. The number of piperazine rings is 1. The zero-order valence-corrected chi connectivity index (χ0v) is 16.4. The van der Waals surface area contributed by atoms with Gasteiger partial charge in [0.2, 0.25) is 17.7 Å². The number of ether oxygens (including phenoxy) is 1. The summed E-state index contributed by atoms with van der Waals surface area (Å²) in [5.41, 5.74) is 2.25. The molecule has 3 amide bonds. The molecular weight excluding hydrogens is 346 g/mol. The number of nitrogens with one attached hydrogen (secondary N) is 1. The van der Waals surface area contributed by atoms with E-state index in [0.29, 0.717) is 39.3 Å². The minimum absolute atomic E-state index is 0.0320. The lowest BCUT2D eigenvalue weighted by molar-refractivity contribution is -0.139. The summed E-state index contributed by atoms with van der Waals surface area (Å²) in [6.07, 6.45) is 0.346. The van der Waals surface area contributed by atoms with Gasteiger partial charge < -0.3 is 19.9 Å². The van der Waals surface area contributed by atoms with Crippen molar-refractivity contribution in [2.75, 3.05) is 39.3 Å². The molecule has 0 saturated carbocycles. The Morgan fingerprint density at radius 1 is 1.04 bits per heavy atom. The lowest BCUT2D eigenvalue weighted by Gasteiger charge is -2.34. The second-order valence-electron chi connectivity index (χ2n) is 6.85. The van der Waals surface area contributed by atoms with E-state index < -0.39 is 0 Å². The van der Waals surface area contributed by atoms with Crippen LogP contribution in [0.1, 0.15) is 30.9 Å². The van der Waals surface area contributed by atoms with Crippen LogP contribution in [0.2, 0.25) is 0 Å². The van der Waals surface area contributed by atoms with Gasteiger partial charge in [-0.15, -0.1) is 0 Å². The Morgan fingerprint density at radius 2 is 1.70 bits per heavy atom. The molecule has 7 nitrogen and oxygen atoms in total. The van der Waals surface area contributed by atoms with Crippen molar-refractivity contribution in [3.8, 4) is 5.75 Å². The highest BCUT2D eigenvalue weighted by Crippen LogP contribution is 2.18. The summed E-state index contributed by atoms with van der Waals surface area (Å²) in [6, 6.07) is 5.97.